The third-order valence-corrected chi connectivity index (χ3v) is 3.42. The van der Waals surface area contributed by atoms with Crippen molar-refractivity contribution in [3.8, 4) is 0 Å². The Labute approximate surface area is 127 Å². The van der Waals surface area contributed by atoms with Crippen molar-refractivity contribution in [1.82, 2.24) is 9.80 Å². The molecule has 0 spiro atoms. The predicted molar refractivity (Wildman–Crippen MR) is 78.7 cm³/mol. The molecule has 0 unspecified atom stereocenters. The van der Waals surface area contributed by atoms with Crippen LogP contribution in [0.3, 0.4) is 0 Å². The Balaban J connectivity index is 1.81. The van der Waals surface area contributed by atoms with E-state index in [-0.39, 0.29) is 43.0 Å². The lowest BCUT2D eigenvalue weighted by Crippen LogP contribution is -2.32. The van der Waals surface area contributed by atoms with Crippen molar-refractivity contribution in [1.29, 1.82) is 0 Å². The van der Waals surface area contributed by atoms with E-state index in [1.807, 2.05) is 0 Å². The van der Waals surface area contributed by atoms with E-state index in [9.17, 15) is 18.8 Å². The second kappa shape index (κ2) is 6.55. The molecule has 0 radical (unpaired) electrons. The minimum atomic E-state index is -0.486. The van der Waals surface area contributed by atoms with E-state index in [0.717, 1.165) is 10.5 Å². The smallest absolute Gasteiger partial charge is 0.324 e. The van der Waals surface area contributed by atoms with Gasteiger partial charge in [0.2, 0.25) is 11.8 Å². The fraction of sp³-hybridized carbons (Fsp3) is 0.400. The molecule has 0 bridgehead atoms. The number of benzene rings is 1. The number of urea groups is 1. The van der Waals surface area contributed by atoms with E-state index in [1.165, 1.54) is 17.0 Å². The van der Waals surface area contributed by atoms with Crippen LogP contribution in [-0.4, -0.2) is 47.8 Å². The van der Waals surface area contributed by atoms with Crippen LogP contribution >= 0.6 is 0 Å². The fourth-order valence-electron chi connectivity index (χ4n) is 2.22. The van der Waals surface area contributed by atoms with Gasteiger partial charge >= 0.3 is 6.03 Å². The zero-order valence-electron chi connectivity index (χ0n) is 12.6. The van der Waals surface area contributed by atoms with E-state index >= 15 is 0 Å². The van der Waals surface area contributed by atoms with Gasteiger partial charge in [-0.15, -0.1) is 0 Å². The number of carbonyl (C=O) groups excluding carboxylic acids is 3. The molecule has 2 rings (SSSR count). The van der Waals surface area contributed by atoms with Crippen molar-refractivity contribution in [2.75, 3.05) is 25.5 Å². The lowest BCUT2D eigenvalue weighted by atomic mass is 10.2. The summed E-state index contributed by atoms with van der Waals surface area (Å²) >= 11 is 0. The summed E-state index contributed by atoms with van der Waals surface area (Å²) in [4.78, 5) is 37.4. The molecule has 0 saturated carbocycles. The number of nitrogens with one attached hydrogen (secondary N) is 1. The Morgan fingerprint density at radius 2 is 2.09 bits per heavy atom. The number of nitrogens with zero attached hydrogens (tertiary/aromatic N) is 2. The summed E-state index contributed by atoms with van der Waals surface area (Å²) in [5.41, 5.74) is 0.898. The lowest BCUT2D eigenvalue weighted by Gasteiger charge is -2.13. The number of aryl methyl sites for hydroxylation is 1. The maximum atomic E-state index is 13.6. The molecule has 1 heterocycles. The summed E-state index contributed by atoms with van der Waals surface area (Å²) in [6.07, 6.45) is 0.443. The van der Waals surface area contributed by atoms with Crippen LogP contribution in [0.1, 0.15) is 18.4 Å². The van der Waals surface area contributed by atoms with Crippen LogP contribution in [-0.2, 0) is 9.59 Å². The van der Waals surface area contributed by atoms with Crippen LogP contribution in [0.2, 0.25) is 0 Å². The van der Waals surface area contributed by atoms with Gasteiger partial charge in [0.25, 0.3) is 0 Å². The molecular formula is C15H18FN3O3. The number of rotatable bonds is 5. The fourth-order valence-corrected chi connectivity index (χ4v) is 2.22. The number of anilines is 1. The Morgan fingerprint density at radius 3 is 2.68 bits per heavy atom. The first-order valence-electron chi connectivity index (χ1n) is 7.00. The SMILES string of the molecule is Cc1ccc(NC(=O)CCCN2C(=O)CN(C)C2=O)c(F)c1. The lowest BCUT2D eigenvalue weighted by molar-refractivity contribution is -0.125. The molecule has 0 aromatic heterocycles. The molecule has 1 fully saturated rings. The highest BCUT2D eigenvalue weighted by Gasteiger charge is 2.32. The molecule has 1 aromatic carbocycles. The minimum Gasteiger partial charge on any atom is -0.324 e. The first-order valence-corrected chi connectivity index (χ1v) is 7.00. The zero-order chi connectivity index (χ0) is 16.3. The normalized spacial score (nSPS) is 14.7. The molecule has 0 aliphatic carbocycles. The number of likely N-dealkylation sites (N-methyl/N-ethyl adjacent to an activating group) is 1. The van der Waals surface area contributed by atoms with Crippen LogP contribution in [0.15, 0.2) is 18.2 Å². The largest absolute Gasteiger partial charge is 0.326 e. The van der Waals surface area contributed by atoms with Crippen molar-refractivity contribution < 1.29 is 18.8 Å². The first kappa shape index (κ1) is 15.9. The standard InChI is InChI=1S/C15H18FN3O3/c1-10-5-6-12(11(16)8-10)17-13(20)4-3-7-19-14(21)9-18(2)15(19)22/h5-6,8H,3-4,7,9H2,1-2H3,(H,17,20). The molecule has 1 aliphatic rings. The molecule has 1 saturated heterocycles. The quantitative estimate of drug-likeness (QED) is 0.843. The average Bonchev–Trinajstić information content (AvgIpc) is 2.68. The molecule has 1 aliphatic heterocycles. The third kappa shape index (κ3) is 3.60. The Kier molecular flexibility index (Phi) is 4.75. The van der Waals surface area contributed by atoms with E-state index in [2.05, 4.69) is 5.32 Å². The van der Waals surface area contributed by atoms with Crippen molar-refractivity contribution >= 4 is 23.5 Å². The van der Waals surface area contributed by atoms with Gasteiger partial charge in [0.1, 0.15) is 12.4 Å². The van der Waals surface area contributed by atoms with Gasteiger partial charge in [-0.2, -0.15) is 0 Å². The number of halogens is 1. The molecule has 1 aromatic rings. The molecule has 6 nitrogen and oxygen atoms in total. The Morgan fingerprint density at radius 1 is 1.36 bits per heavy atom. The highest BCUT2D eigenvalue weighted by atomic mass is 19.1. The summed E-state index contributed by atoms with van der Waals surface area (Å²) in [7, 11) is 1.55. The van der Waals surface area contributed by atoms with Gasteiger partial charge in [0.05, 0.1) is 5.69 Å². The Bertz CT molecular complexity index is 618. The number of amides is 4. The maximum absolute atomic E-state index is 13.6. The molecule has 7 heteroatoms. The molecule has 4 amide bonds. The zero-order valence-corrected chi connectivity index (χ0v) is 12.6. The third-order valence-electron chi connectivity index (χ3n) is 3.42. The number of imide groups is 1. The van der Waals surface area contributed by atoms with Crippen molar-refractivity contribution in [3.05, 3.63) is 29.6 Å². The second-order valence-corrected chi connectivity index (χ2v) is 5.32. The molecule has 118 valence electrons. The van der Waals surface area contributed by atoms with Crippen LogP contribution in [0.25, 0.3) is 0 Å². The van der Waals surface area contributed by atoms with E-state index in [4.69, 9.17) is 0 Å². The van der Waals surface area contributed by atoms with Crippen LogP contribution in [0.4, 0.5) is 14.9 Å². The van der Waals surface area contributed by atoms with Gasteiger partial charge in [-0.1, -0.05) is 6.07 Å². The molecule has 0 atom stereocenters. The minimum absolute atomic E-state index is 0.0691. The molecule has 22 heavy (non-hydrogen) atoms. The van der Waals surface area contributed by atoms with Crippen molar-refractivity contribution in [3.63, 3.8) is 0 Å². The predicted octanol–water partition coefficient (Wildman–Crippen LogP) is 1.75. The monoisotopic (exact) mass is 307 g/mol. The van der Waals surface area contributed by atoms with E-state index in [0.29, 0.717) is 6.42 Å². The second-order valence-electron chi connectivity index (χ2n) is 5.32. The number of hydrogen-bond acceptors (Lipinski definition) is 3. The molecule has 1 N–H and O–H groups in total. The van der Waals surface area contributed by atoms with E-state index < -0.39 is 5.82 Å². The molecular weight excluding hydrogens is 289 g/mol. The van der Waals surface area contributed by atoms with Crippen LogP contribution in [0.5, 0.6) is 0 Å². The van der Waals surface area contributed by atoms with Gasteiger partial charge in [-0.25, -0.2) is 9.18 Å². The topological polar surface area (TPSA) is 69.7 Å². The summed E-state index contributed by atoms with van der Waals surface area (Å²) in [5, 5.41) is 2.48. The first-order chi connectivity index (χ1) is 10.4. The van der Waals surface area contributed by atoms with Crippen molar-refractivity contribution in [2.24, 2.45) is 0 Å². The average molecular weight is 307 g/mol. The van der Waals surface area contributed by atoms with Gasteiger partial charge in [0.15, 0.2) is 0 Å². The van der Waals surface area contributed by atoms with Gasteiger partial charge in [-0.05, 0) is 31.0 Å². The van der Waals surface area contributed by atoms with Gasteiger partial charge in [0, 0.05) is 20.0 Å². The summed E-state index contributed by atoms with van der Waals surface area (Å²) in [5.74, 6) is -1.10. The summed E-state index contributed by atoms with van der Waals surface area (Å²) < 4.78 is 13.6. The van der Waals surface area contributed by atoms with Gasteiger partial charge in [-0.3, -0.25) is 14.5 Å². The summed E-state index contributed by atoms with van der Waals surface area (Å²) in [6, 6.07) is 4.20. The van der Waals surface area contributed by atoms with Crippen molar-refractivity contribution in [2.45, 2.75) is 19.8 Å². The van der Waals surface area contributed by atoms with Gasteiger partial charge < -0.3 is 10.2 Å². The highest BCUT2D eigenvalue weighted by Crippen LogP contribution is 2.16. The van der Waals surface area contributed by atoms with Crippen LogP contribution in [0, 0.1) is 12.7 Å². The maximum Gasteiger partial charge on any atom is 0.326 e. The Hall–Kier alpha value is -2.44. The number of carbonyl (C=O) groups is 3. The summed E-state index contributed by atoms with van der Waals surface area (Å²) in [6.45, 7) is 2.02. The van der Waals surface area contributed by atoms with E-state index in [1.54, 1.807) is 20.0 Å². The van der Waals surface area contributed by atoms with Crippen LogP contribution < -0.4 is 5.32 Å². The number of hydrogen-bond donors (Lipinski definition) is 1. The highest BCUT2D eigenvalue weighted by molar-refractivity contribution is 6.01.